The van der Waals surface area contributed by atoms with Gasteiger partial charge in [-0.1, -0.05) is 17.7 Å². The first-order chi connectivity index (χ1) is 14.9. The molecule has 4 heterocycles. The Labute approximate surface area is 185 Å². The molecular weight excluding hydrogens is 408 g/mol. The fourth-order valence-corrected chi connectivity index (χ4v) is 5.14. The zero-order valence-electron chi connectivity index (χ0n) is 17.8. The molecule has 7 nitrogen and oxygen atoms in total. The predicted octanol–water partition coefficient (Wildman–Crippen LogP) is 4.08. The molecule has 0 saturated carbocycles. The first-order valence-electron chi connectivity index (χ1n) is 10.4. The number of aromatic nitrogens is 1. The monoisotopic (exact) mass is 432 g/mol. The molecule has 0 bridgehead atoms. The van der Waals surface area contributed by atoms with Gasteiger partial charge in [-0.15, -0.1) is 5.10 Å². The van der Waals surface area contributed by atoms with Crippen LogP contribution in [0.5, 0.6) is 0 Å². The predicted molar refractivity (Wildman–Crippen MR) is 126 cm³/mol. The van der Waals surface area contributed by atoms with Gasteiger partial charge in [0, 0.05) is 30.2 Å². The molecule has 1 N–H and O–H groups in total. The number of carbonyl (C=O) groups is 1. The molecular formula is C23H24N6OS. The van der Waals surface area contributed by atoms with Gasteiger partial charge >= 0.3 is 0 Å². The fourth-order valence-electron chi connectivity index (χ4n) is 4.20. The summed E-state index contributed by atoms with van der Waals surface area (Å²) < 4.78 is 2.16. The molecule has 5 rings (SSSR count). The summed E-state index contributed by atoms with van der Waals surface area (Å²) in [4.78, 5) is 19.2. The van der Waals surface area contributed by atoms with Crippen molar-refractivity contribution in [3.05, 3.63) is 58.4 Å². The number of thioether (sulfide) groups is 1. The standard InChI is InChI=1S/C23H24N6OS/c1-14-6-8-18(9-7-14)28-15(2)12-17(16(28)3)13-19-20(24)29-22(25-21(19)30)31-23(26-29)27-10-4-5-11-27/h6-9,12-13,24H,4-5,10-11H2,1-3H3/b19-13-,24-20?. The molecule has 1 amide bonds. The van der Waals surface area contributed by atoms with E-state index in [0.29, 0.717) is 5.17 Å². The largest absolute Gasteiger partial charge is 0.349 e. The molecule has 3 aliphatic heterocycles. The van der Waals surface area contributed by atoms with Gasteiger partial charge in [-0.05, 0) is 75.2 Å². The van der Waals surface area contributed by atoms with Gasteiger partial charge < -0.3 is 9.47 Å². The molecule has 31 heavy (non-hydrogen) atoms. The zero-order chi connectivity index (χ0) is 21.7. The third kappa shape index (κ3) is 3.40. The van der Waals surface area contributed by atoms with Gasteiger partial charge in [0.25, 0.3) is 5.91 Å². The van der Waals surface area contributed by atoms with E-state index in [4.69, 9.17) is 5.41 Å². The van der Waals surface area contributed by atoms with Gasteiger partial charge in [0.1, 0.15) is 0 Å². The lowest BCUT2D eigenvalue weighted by Crippen LogP contribution is -2.35. The van der Waals surface area contributed by atoms with E-state index in [9.17, 15) is 4.79 Å². The van der Waals surface area contributed by atoms with Gasteiger partial charge in [0.15, 0.2) is 11.0 Å². The molecule has 158 valence electrons. The highest BCUT2D eigenvalue weighted by Gasteiger charge is 2.37. The number of hydrazone groups is 1. The lowest BCUT2D eigenvalue weighted by atomic mass is 10.1. The Balaban J connectivity index is 1.49. The van der Waals surface area contributed by atoms with Crippen molar-refractivity contribution in [2.24, 2.45) is 10.1 Å². The number of hydrogen-bond donors (Lipinski definition) is 1. The summed E-state index contributed by atoms with van der Waals surface area (Å²) in [5.74, 6) is -0.307. The molecule has 1 aromatic carbocycles. The minimum Gasteiger partial charge on any atom is -0.349 e. The highest BCUT2D eigenvalue weighted by Crippen LogP contribution is 2.31. The van der Waals surface area contributed by atoms with Crippen molar-refractivity contribution in [2.45, 2.75) is 33.6 Å². The van der Waals surface area contributed by atoms with E-state index in [2.05, 4.69) is 50.8 Å². The molecule has 3 aliphatic rings. The quantitative estimate of drug-likeness (QED) is 0.726. The third-order valence-electron chi connectivity index (χ3n) is 5.88. The number of aryl methyl sites for hydroxylation is 2. The number of benzene rings is 1. The van der Waals surface area contributed by atoms with Crippen molar-refractivity contribution in [1.29, 1.82) is 5.41 Å². The Bertz CT molecular complexity index is 1180. The number of nitrogens with zero attached hydrogens (tertiary/aromatic N) is 5. The van der Waals surface area contributed by atoms with E-state index in [1.165, 1.54) is 22.3 Å². The van der Waals surface area contributed by atoms with E-state index in [1.807, 2.05) is 19.9 Å². The van der Waals surface area contributed by atoms with E-state index in [0.717, 1.165) is 53.7 Å². The van der Waals surface area contributed by atoms with Crippen LogP contribution >= 0.6 is 11.8 Å². The maximum Gasteiger partial charge on any atom is 0.283 e. The molecule has 1 fully saturated rings. The normalized spacial score (nSPS) is 19.9. The Hall–Kier alpha value is -3.13. The number of carbonyl (C=O) groups excluding carboxylic acids is 1. The average Bonchev–Trinajstić information content (AvgIpc) is 3.46. The summed E-state index contributed by atoms with van der Waals surface area (Å²) in [7, 11) is 0. The van der Waals surface area contributed by atoms with Crippen LogP contribution in [-0.2, 0) is 4.79 Å². The number of nitrogens with one attached hydrogen (secondary N) is 1. The van der Waals surface area contributed by atoms with Crippen molar-refractivity contribution in [3.8, 4) is 5.69 Å². The fraction of sp³-hybridized carbons (Fsp3) is 0.304. The SMILES string of the molecule is Cc1ccc(-n2c(C)cc(/C=C3/C(=N)N4N=C(N5CCCC5)SC4=NC3=O)c2C)cc1. The zero-order valence-corrected chi connectivity index (χ0v) is 18.7. The Kier molecular flexibility index (Phi) is 4.81. The van der Waals surface area contributed by atoms with E-state index in [1.54, 1.807) is 6.08 Å². The van der Waals surface area contributed by atoms with Crippen LogP contribution < -0.4 is 0 Å². The van der Waals surface area contributed by atoms with Crippen molar-refractivity contribution in [3.63, 3.8) is 0 Å². The van der Waals surface area contributed by atoms with Gasteiger partial charge in [-0.25, -0.2) is 0 Å². The first-order valence-corrected chi connectivity index (χ1v) is 11.2. The first kappa shape index (κ1) is 19.8. The van der Waals surface area contributed by atoms with Crippen LogP contribution in [0.25, 0.3) is 11.8 Å². The summed E-state index contributed by atoms with van der Waals surface area (Å²) in [5.41, 5.74) is 5.53. The Morgan fingerprint density at radius 1 is 1.06 bits per heavy atom. The van der Waals surface area contributed by atoms with Crippen LogP contribution in [0.2, 0.25) is 0 Å². The lowest BCUT2D eigenvalue weighted by molar-refractivity contribution is -0.114. The Morgan fingerprint density at radius 3 is 2.48 bits per heavy atom. The number of aliphatic imine (C=N–C) groups is 1. The molecule has 0 spiro atoms. The molecule has 0 radical (unpaired) electrons. The summed E-state index contributed by atoms with van der Waals surface area (Å²) in [6, 6.07) is 10.4. The highest BCUT2D eigenvalue weighted by molar-refractivity contribution is 8.26. The van der Waals surface area contributed by atoms with Crippen LogP contribution in [0, 0.1) is 26.2 Å². The third-order valence-corrected chi connectivity index (χ3v) is 6.85. The van der Waals surface area contributed by atoms with Gasteiger partial charge in [-0.2, -0.15) is 10.0 Å². The van der Waals surface area contributed by atoms with Gasteiger partial charge in [-0.3, -0.25) is 10.2 Å². The van der Waals surface area contributed by atoms with E-state index < -0.39 is 0 Å². The number of amides is 1. The number of amidine groups is 3. The summed E-state index contributed by atoms with van der Waals surface area (Å²) in [5, 5.41) is 16.0. The van der Waals surface area contributed by atoms with Crippen LogP contribution in [0.1, 0.15) is 35.4 Å². The van der Waals surface area contributed by atoms with E-state index >= 15 is 0 Å². The van der Waals surface area contributed by atoms with Crippen LogP contribution in [0.3, 0.4) is 0 Å². The number of likely N-dealkylation sites (tertiary alicyclic amines) is 1. The minimum absolute atomic E-state index is 0.0804. The van der Waals surface area contributed by atoms with Crippen LogP contribution in [0.4, 0.5) is 0 Å². The second kappa shape index (κ2) is 7.53. The second-order valence-electron chi connectivity index (χ2n) is 8.09. The number of fused-ring (bicyclic) bond motifs is 1. The maximum atomic E-state index is 12.8. The number of hydrogen-bond acceptors (Lipinski definition) is 5. The molecule has 0 atom stereocenters. The summed E-state index contributed by atoms with van der Waals surface area (Å²) in [6.45, 7) is 8.06. The molecule has 1 saturated heterocycles. The van der Waals surface area contributed by atoms with Crippen molar-refractivity contribution in [2.75, 3.05) is 13.1 Å². The van der Waals surface area contributed by atoms with Crippen molar-refractivity contribution >= 4 is 39.9 Å². The van der Waals surface area contributed by atoms with Gasteiger partial charge in [0.2, 0.25) is 5.17 Å². The summed E-state index contributed by atoms with van der Waals surface area (Å²) in [6.07, 6.45) is 4.06. The lowest BCUT2D eigenvalue weighted by Gasteiger charge is -2.20. The average molecular weight is 433 g/mol. The summed E-state index contributed by atoms with van der Waals surface area (Å²) >= 11 is 1.37. The van der Waals surface area contributed by atoms with Crippen molar-refractivity contribution in [1.82, 2.24) is 14.5 Å². The Morgan fingerprint density at radius 2 is 1.77 bits per heavy atom. The molecule has 0 aliphatic carbocycles. The molecule has 0 unspecified atom stereocenters. The molecule has 8 heteroatoms. The highest BCUT2D eigenvalue weighted by atomic mass is 32.2. The minimum atomic E-state index is -0.387. The van der Waals surface area contributed by atoms with Crippen molar-refractivity contribution < 1.29 is 4.79 Å². The maximum absolute atomic E-state index is 12.8. The topological polar surface area (TPSA) is 77.1 Å². The molecule has 2 aromatic rings. The van der Waals surface area contributed by atoms with E-state index in [-0.39, 0.29) is 17.3 Å². The number of rotatable bonds is 2. The van der Waals surface area contributed by atoms with Crippen LogP contribution in [0.15, 0.2) is 46.0 Å². The van der Waals surface area contributed by atoms with Gasteiger partial charge in [0.05, 0.1) is 5.57 Å². The van der Waals surface area contributed by atoms with Crippen LogP contribution in [-0.4, -0.2) is 49.6 Å². The second-order valence-corrected chi connectivity index (χ2v) is 9.03. The smallest absolute Gasteiger partial charge is 0.283 e. The molecule has 1 aromatic heterocycles.